The Kier molecular flexibility index (Phi) is 3.70. The Balaban J connectivity index is 2.92. The molecule has 0 atom stereocenters. The smallest absolute Gasteiger partial charge is 0.348 e. The Labute approximate surface area is 97.9 Å². The van der Waals surface area contributed by atoms with Gasteiger partial charge < -0.3 is 9.84 Å². The molecular formula is C11H14O4S. The summed E-state index contributed by atoms with van der Waals surface area (Å²) < 4.78 is 4.60. The van der Waals surface area contributed by atoms with Gasteiger partial charge in [-0.2, -0.15) is 0 Å². The van der Waals surface area contributed by atoms with Crippen LogP contribution in [0.1, 0.15) is 34.8 Å². The number of carboxylic acid groups (broad SMARTS) is 1. The quantitative estimate of drug-likeness (QED) is 0.823. The monoisotopic (exact) mass is 242 g/mol. The second-order valence-corrected chi connectivity index (χ2v) is 5.19. The second-order valence-electron chi connectivity index (χ2n) is 4.11. The van der Waals surface area contributed by atoms with Crippen molar-refractivity contribution in [3.63, 3.8) is 0 Å². The summed E-state index contributed by atoms with van der Waals surface area (Å²) >= 11 is 1.28. The first-order valence-electron chi connectivity index (χ1n) is 4.77. The minimum atomic E-state index is -0.849. The van der Waals surface area contributed by atoms with E-state index < -0.39 is 11.4 Å². The summed E-state index contributed by atoms with van der Waals surface area (Å²) in [5, 5.41) is 8.79. The highest BCUT2D eigenvalue weighted by Crippen LogP contribution is 2.33. The fourth-order valence-electron chi connectivity index (χ4n) is 1.38. The molecule has 0 saturated carbocycles. The van der Waals surface area contributed by atoms with Crippen LogP contribution in [0.3, 0.4) is 0 Å². The summed E-state index contributed by atoms with van der Waals surface area (Å²) in [6.07, 6.45) is 0.0358. The van der Waals surface area contributed by atoms with Crippen LogP contribution in [0.4, 0.5) is 0 Å². The lowest BCUT2D eigenvalue weighted by atomic mass is 9.88. The first kappa shape index (κ1) is 12.7. The van der Waals surface area contributed by atoms with Gasteiger partial charge in [0.2, 0.25) is 0 Å². The van der Waals surface area contributed by atoms with Crippen LogP contribution in [0, 0.1) is 0 Å². The number of thiophene rings is 1. The second kappa shape index (κ2) is 4.65. The molecule has 1 aromatic heterocycles. The fourth-order valence-corrected chi connectivity index (χ4v) is 2.40. The van der Waals surface area contributed by atoms with Crippen LogP contribution in [0.5, 0.6) is 0 Å². The van der Waals surface area contributed by atoms with Crippen molar-refractivity contribution >= 4 is 23.3 Å². The van der Waals surface area contributed by atoms with Crippen LogP contribution in [0.2, 0.25) is 0 Å². The minimum absolute atomic E-state index is 0.0358. The van der Waals surface area contributed by atoms with Gasteiger partial charge in [0.05, 0.1) is 13.5 Å². The molecule has 4 nitrogen and oxygen atoms in total. The number of rotatable bonds is 4. The number of ether oxygens (including phenoxy) is 1. The Morgan fingerprint density at radius 2 is 2.06 bits per heavy atom. The summed E-state index contributed by atoms with van der Waals surface area (Å²) in [7, 11) is 1.32. The molecule has 1 heterocycles. The third-order valence-electron chi connectivity index (χ3n) is 2.25. The average Bonchev–Trinajstić information content (AvgIpc) is 2.63. The Morgan fingerprint density at radius 3 is 2.56 bits per heavy atom. The van der Waals surface area contributed by atoms with Crippen LogP contribution in [-0.4, -0.2) is 24.2 Å². The molecule has 0 spiro atoms. The van der Waals surface area contributed by atoms with Crippen molar-refractivity contribution in [2.24, 2.45) is 0 Å². The van der Waals surface area contributed by atoms with Gasteiger partial charge in [0.25, 0.3) is 0 Å². The molecule has 1 aromatic rings. The topological polar surface area (TPSA) is 63.6 Å². The molecule has 0 amide bonds. The normalized spacial score (nSPS) is 11.2. The van der Waals surface area contributed by atoms with E-state index in [1.54, 1.807) is 12.1 Å². The number of methoxy groups -OCH3 is 1. The number of carbonyl (C=O) groups is 2. The number of hydrogen-bond donors (Lipinski definition) is 1. The lowest BCUT2D eigenvalue weighted by Crippen LogP contribution is -2.20. The number of esters is 1. The predicted molar refractivity (Wildman–Crippen MR) is 60.9 cm³/mol. The zero-order valence-corrected chi connectivity index (χ0v) is 10.3. The van der Waals surface area contributed by atoms with Gasteiger partial charge >= 0.3 is 11.9 Å². The van der Waals surface area contributed by atoms with Gasteiger partial charge in [0.15, 0.2) is 0 Å². The highest BCUT2D eigenvalue weighted by molar-refractivity contribution is 7.14. The summed E-state index contributed by atoms with van der Waals surface area (Å²) in [5.74, 6) is -1.24. The largest absolute Gasteiger partial charge is 0.481 e. The van der Waals surface area contributed by atoms with Crippen molar-refractivity contribution in [3.8, 4) is 0 Å². The molecule has 0 radical (unpaired) electrons. The molecule has 0 aromatic carbocycles. The average molecular weight is 242 g/mol. The van der Waals surface area contributed by atoms with E-state index in [0.717, 1.165) is 4.88 Å². The fraction of sp³-hybridized carbons (Fsp3) is 0.455. The zero-order chi connectivity index (χ0) is 12.3. The maximum atomic E-state index is 11.2. The SMILES string of the molecule is COC(=O)c1ccc(C(C)(C)CC(=O)O)s1. The first-order valence-corrected chi connectivity index (χ1v) is 5.59. The predicted octanol–water partition coefficient (Wildman–Crippen LogP) is 2.29. The lowest BCUT2D eigenvalue weighted by molar-refractivity contribution is -0.138. The number of aliphatic carboxylic acids is 1. The maximum absolute atomic E-state index is 11.2. The van der Waals surface area contributed by atoms with Crippen molar-refractivity contribution in [1.29, 1.82) is 0 Å². The van der Waals surface area contributed by atoms with Gasteiger partial charge in [-0.1, -0.05) is 13.8 Å². The highest BCUT2D eigenvalue weighted by Gasteiger charge is 2.26. The molecule has 1 N–H and O–H groups in total. The van der Waals surface area contributed by atoms with Crippen LogP contribution in [0.15, 0.2) is 12.1 Å². The number of carboxylic acids is 1. The highest BCUT2D eigenvalue weighted by atomic mass is 32.1. The molecule has 0 unspecified atom stereocenters. The summed E-state index contributed by atoms with van der Waals surface area (Å²) in [6, 6.07) is 3.44. The maximum Gasteiger partial charge on any atom is 0.348 e. The van der Waals surface area contributed by atoms with E-state index in [1.807, 2.05) is 13.8 Å². The molecule has 0 aliphatic carbocycles. The third kappa shape index (κ3) is 2.82. The van der Waals surface area contributed by atoms with E-state index in [-0.39, 0.29) is 12.4 Å². The van der Waals surface area contributed by atoms with Crippen molar-refractivity contribution < 1.29 is 19.4 Å². The molecule has 16 heavy (non-hydrogen) atoms. The van der Waals surface area contributed by atoms with Gasteiger partial charge in [-0.05, 0) is 12.1 Å². The molecule has 0 fully saturated rings. The van der Waals surface area contributed by atoms with Crippen LogP contribution in [0.25, 0.3) is 0 Å². The van der Waals surface area contributed by atoms with Crippen LogP contribution in [-0.2, 0) is 14.9 Å². The van der Waals surface area contributed by atoms with Gasteiger partial charge in [-0.15, -0.1) is 11.3 Å². The summed E-state index contributed by atoms with van der Waals surface area (Å²) in [4.78, 5) is 23.3. The minimum Gasteiger partial charge on any atom is -0.481 e. The number of hydrogen-bond acceptors (Lipinski definition) is 4. The van der Waals surface area contributed by atoms with E-state index in [1.165, 1.54) is 18.4 Å². The van der Waals surface area contributed by atoms with E-state index in [9.17, 15) is 9.59 Å². The Morgan fingerprint density at radius 1 is 1.44 bits per heavy atom. The van der Waals surface area contributed by atoms with Gasteiger partial charge in [-0.3, -0.25) is 4.79 Å². The van der Waals surface area contributed by atoms with Crippen molar-refractivity contribution in [2.75, 3.05) is 7.11 Å². The van der Waals surface area contributed by atoms with Crippen LogP contribution >= 0.6 is 11.3 Å². The first-order chi connectivity index (χ1) is 7.36. The van der Waals surface area contributed by atoms with Crippen molar-refractivity contribution in [1.82, 2.24) is 0 Å². The lowest BCUT2D eigenvalue weighted by Gasteiger charge is -2.20. The Hall–Kier alpha value is -1.36. The molecule has 0 aliphatic heterocycles. The molecule has 0 saturated heterocycles. The van der Waals surface area contributed by atoms with E-state index >= 15 is 0 Å². The molecule has 5 heteroatoms. The van der Waals surface area contributed by atoms with Gasteiger partial charge in [0.1, 0.15) is 4.88 Å². The molecule has 0 bridgehead atoms. The molecule has 88 valence electrons. The molecule has 1 rings (SSSR count). The van der Waals surface area contributed by atoms with Crippen molar-refractivity contribution in [3.05, 3.63) is 21.9 Å². The van der Waals surface area contributed by atoms with E-state index in [2.05, 4.69) is 4.74 Å². The van der Waals surface area contributed by atoms with Gasteiger partial charge in [-0.25, -0.2) is 4.79 Å². The molecule has 0 aliphatic rings. The molecular weight excluding hydrogens is 228 g/mol. The summed E-state index contributed by atoms with van der Waals surface area (Å²) in [6.45, 7) is 3.68. The van der Waals surface area contributed by atoms with Crippen LogP contribution < -0.4 is 0 Å². The zero-order valence-electron chi connectivity index (χ0n) is 9.44. The third-order valence-corrected chi connectivity index (χ3v) is 3.68. The standard InChI is InChI=1S/C11H14O4S/c1-11(2,6-9(12)13)8-5-4-7(16-8)10(14)15-3/h4-5H,6H2,1-3H3,(H,12,13). The summed E-state index contributed by atoms with van der Waals surface area (Å²) in [5.41, 5.74) is -0.469. The number of carbonyl (C=O) groups excluding carboxylic acids is 1. The van der Waals surface area contributed by atoms with Crippen molar-refractivity contribution in [2.45, 2.75) is 25.7 Å². The van der Waals surface area contributed by atoms with E-state index in [4.69, 9.17) is 5.11 Å². The Bertz CT molecular complexity index is 406. The van der Waals surface area contributed by atoms with E-state index in [0.29, 0.717) is 4.88 Å². The van der Waals surface area contributed by atoms with Gasteiger partial charge in [0, 0.05) is 10.3 Å².